The van der Waals surface area contributed by atoms with Crippen molar-refractivity contribution in [3.05, 3.63) is 83.4 Å². The van der Waals surface area contributed by atoms with E-state index < -0.39 is 0 Å². The lowest BCUT2D eigenvalue weighted by molar-refractivity contribution is 0.0718. The van der Waals surface area contributed by atoms with Gasteiger partial charge in [0.1, 0.15) is 5.82 Å². The Morgan fingerprint density at radius 3 is 2.73 bits per heavy atom. The predicted octanol–water partition coefficient (Wildman–Crippen LogP) is 4.70. The van der Waals surface area contributed by atoms with Crippen LogP contribution in [0.3, 0.4) is 0 Å². The molecule has 0 saturated heterocycles. The highest BCUT2D eigenvalue weighted by Crippen LogP contribution is 2.33. The van der Waals surface area contributed by atoms with Crippen LogP contribution in [-0.2, 0) is 13.1 Å². The van der Waals surface area contributed by atoms with Gasteiger partial charge in [-0.05, 0) is 53.9 Å². The van der Waals surface area contributed by atoms with Crippen LogP contribution < -0.4 is 9.47 Å². The van der Waals surface area contributed by atoms with Crippen molar-refractivity contribution in [3.63, 3.8) is 0 Å². The summed E-state index contributed by atoms with van der Waals surface area (Å²) < 4.78 is 26.4. The fraction of sp³-hybridized carbons (Fsp3) is 0.292. The van der Waals surface area contributed by atoms with Gasteiger partial charge in [0.2, 0.25) is 6.79 Å². The topological polar surface area (TPSA) is 43.7 Å². The van der Waals surface area contributed by atoms with Crippen LogP contribution in [0.4, 0.5) is 4.39 Å². The number of aromatic nitrogens is 1. The van der Waals surface area contributed by atoms with Crippen molar-refractivity contribution in [1.29, 1.82) is 0 Å². The molecular weight excluding hydrogens is 383 g/mol. The molecule has 0 fully saturated rings. The minimum Gasteiger partial charge on any atom is -0.454 e. The Labute approximate surface area is 175 Å². The summed E-state index contributed by atoms with van der Waals surface area (Å²) in [6.07, 6.45) is 1.96. The van der Waals surface area contributed by atoms with Gasteiger partial charge in [-0.1, -0.05) is 26.0 Å². The minimum absolute atomic E-state index is 0.0551. The van der Waals surface area contributed by atoms with Crippen LogP contribution in [0.1, 0.15) is 35.5 Å². The lowest BCUT2D eigenvalue weighted by atomic mass is 10.1. The number of rotatable bonds is 7. The second-order valence-corrected chi connectivity index (χ2v) is 7.90. The molecule has 2 heterocycles. The zero-order valence-electron chi connectivity index (χ0n) is 17.2. The molecule has 0 atom stereocenters. The summed E-state index contributed by atoms with van der Waals surface area (Å²) in [6, 6.07) is 15.8. The first kappa shape index (κ1) is 20.0. The van der Waals surface area contributed by atoms with E-state index in [0.717, 1.165) is 11.3 Å². The molecular formula is C24H25FN2O3. The van der Waals surface area contributed by atoms with E-state index in [1.165, 1.54) is 12.1 Å². The summed E-state index contributed by atoms with van der Waals surface area (Å²) in [4.78, 5) is 15.1. The van der Waals surface area contributed by atoms with Crippen molar-refractivity contribution >= 4 is 5.91 Å². The van der Waals surface area contributed by atoms with Gasteiger partial charge in [-0.2, -0.15) is 0 Å². The Kier molecular flexibility index (Phi) is 5.74. The average Bonchev–Trinajstić information content (AvgIpc) is 3.35. The molecule has 0 N–H and O–H groups in total. The molecule has 0 radical (unpaired) electrons. The van der Waals surface area contributed by atoms with Crippen LogP contribution in [0.2, 0.25) is 0 Å². The Balaban J connectivity index is 1.55. The summed E-state index contributed by atoms with van der Waals surface area (Å²) in [5.41, 5.74) is 2.45. The van der Waals surface area contributed by atoms with Gasteiger partial charge in [0.05, 0.1) is 6.54 Å². The van der Waals surface area contributed by atoms with Gasteiger partial charge in [-0.3, -0.25) is 4.79 Å². The Hall–Kier alpha value is -3.28. The van der Waals surface area contributed by atoms with E-state index in [0.29, 0.717) is 42.6 Å². The van der Waals surface area contributed by atoms with E-state index in [4.69, 9.17) is 9.47 Å². The first-order chi connectivity index (χ1) is 14.5. The SMILES string of the molecule is CC(C)CN(Cc1cccn1Cc1cccc(F)c1)C(=O)c1ccc2c(c1)OCO2. The molecule has 0 aliphatic carbocycles. The molecule has 1 aliphatic rings. The van der Waals surface area contributed by atoms with Gasteiger partial charge >= 0.3 is 0 Å². The molecule has 6 heteroatoms. The molecule has 0 saturated carbocycles. The van der Waals surface area contributed by atoms with Gasteiger partial charge in [0.25, 0.3) is 5.91 Å². The quantitative estimate of drug-likeness (QED) is 0.569. The highest BCUT2D eigenvalue weighted by molar-refractivity contribution is 5.95. The normalized spacial score (nSPS) is 12.4. The third-order valence-electron chi connectivity index (χ3n) is 5.01. The van der Waals surface area contributed by atoms with Crippen LogP contribution in [0.25, 0.3) is 0 Å². The number of fused-ring (bicyclic) bond motifs is 1. The maximum atomic E-state index is 13.6. The van der Waals surface area contributed by atoms with Crippen LogP contribution in [-0.4, -0.2) is 28.7 Å². The summed E-state index contributed by atoms with van der Waals surface area (Å²) in [5.74, 6) is 1.27. The second kappa shape index (κ2) is 8.61. The number of halogens is 1. The Morgan fingerprint density at radius 2 is 1.93 bits per heavy atom. The van der Waals surface area contributed by atoms with Crippen molar-refractivity contribution in [1.82, 2.24) is 9.47 Å². The average molecular weight is 408 g/mol. The number of benzene rings is 2. The number of nitrogens with zero attached hydrogens (tertiary/aromatic N) is 2. The number of hydrogen-bond acceptors (Lipinski definition) is 3. The summed E-state index contributed by atoms with van der Waals surface area (Å²) >= 11 is 0. The molecule has 5 nitrogen and oxygen atoms in total. The predicted molar refractivity (Wildman–Crippen MR) is 112 cm³/mol. The summed E-state index contributed by atoms with van der Waals surface area (Å²) in [5, 5.41) is 0. The van der Waals surface area contributed by atoms with Crippen LogP contribution >= 0.6 is 0 Å². The largest absolute Gasteiger partial charge is 0.454 e. The molecule has 2 aromatic carbocycles. The van der Waals surface area contributed by atoms with E-state index in [1.807, 2.05) is 29.3 Å². The Bertz CT molecular complexity index is 1040. The number of carbonyl (C=O) groups is 1. The van der Waals surface area contributed by atoms with Crippen molar-refractivity contribution in [3.8, 4) is 11.5 Å². The van der Waals surface area contributed by atoms with Crippen LogP contribution in [0.5, 0.6) is 11.5 Å². The standard InChI is InChI=1S/C24H25FN2O3/c1-17(2)13-27(24(28)19-8-9-22-23(12-19)30-16-29-22)15-21-7-4-10-26(21)14-18-5-3-6-20(25)11-18/h3-12,17H,13-16H2,1-2H3. The van der Waals surface area contributed by atoms with Gasteiger partial charge < -0.3 is 18.9 Å². The maximum absolute atomic E-state index is 13.6. The molecule has 1 aliphatic heterocycles. The molecule has 156 valence electrons. The van der Waals surface area contributed by atoms with Crippen molar-refractivity contribution in [2.45, 2.75) is 26.9 Å². The lowest BCUT2D eigenvalue weighted by Crippen LogP contribution is -2.34. The summed E-state index contributed by atoms with van der Waals surface area (Å²) in [7, 11) is 0. The first-order valence-corrected chi connectivity index (χ1v) is 10.1. The molecule has 0 bridgehead atoms. The van der Waals surface area contributed by atoms with E-state index in [9.17, 15) is 9.18 Å². The lowest BCUT2D eigenvalue weighted by Gasteiger charge is -2.25. The van der Waals surface area contributed by atoms with Gasteiger partial charge in [0.15, 0.2) is 11.5 Å². The number of carbonyl (C=O) groups excluding carboxylic acids is 1. The first-order valence-electron chi connectivity index (χ1n) is 10.1. The zero-order valence-corrected chi connectivity index (χ0v) is 17.2. The molecule has 0 unspecified atom stereocenters. The number of amides is 1. The smallest absolute Gasteiger partial charge is 0.254 e. The Morgan fingerprint density at radius 1 is 1.10 bits per heavy atom. The maximum Gasteiger partial charge on any atom is 0.254 e. The number of hydrogen-bond donors (Lipinski definition) is 0. The molecule has 0 spiro atoms. The van der Waals surface area contributed by atoms with Gasteiger partial charge in [0, 0.05) is 30.5 Å². The van der Waals surface area contributed by atoms with E-state index in [1.54, 1.807) is 24.3 Å². The molecule has 1 amide bonds. The van der Waals surface area contributed by atoms with Crippen LogP contribution in [0.15, 0.2) is 60.8 Å². The third-order valence-corrected chi connectivity index (χ3v) is 5.01. The highest BCUT2D eigenvalue weighted by atomic mass is 19.1. The zero-order chi connectivity index (χ0) is 21.1. The third kappa shape index (κ3) is 4.48. The fourth-order valence-electron chi connectivity index (χ4n) is 3.65. The number of ether oxygens (including phenoxy) is 2. The molecule has 4 rings (SSSR count). The van der Waals surface area contributed by atoms with Crippen molar-refractivity contribution in [2.75, 3.05) is 13.3 Å². The van der Waals surface area contributed by atoms with E-state index >= 15 is 0 Å². The fourth-order valence-corrected chi connectivity index (χ4v) is 3.65. The minimum atomic E-state index is -0.249. The van der Waals surface area contributed by atoms with Crippen molar-refractivity contribution in [2.24, 2.45) is 5.92 Å². The van der Waals surface area contributed by atoms with Crippen LogP contribution in [0, 0.1) is 11.7 Å². The van der Waals surface area contributed by atoms with Gasteiger partial charge in [-0.25, -0.2) is 4.39 Å². The second-order valence-electron chi connectivity index (χ2n) is 7.90. The van der Waals surface area contributed by atoms with Gasteiger partial charge in [-0.15, -0.1) is 0 Å². The molecule has 30 heavy (non-hydrogen) atoms. The summed E-state index contributed by atoms with van der Waals surface area (Å²) in [6.45, 7) is 5.99. The molecule has 1 aromatic heterocycles. The highest BCUT2D eigenvalue weighted by Gasteiger charge is 2.22. The van der Waals surface area contributed by atoms with Crippen molar-refractivity contribution < 1.29 is 18.7 Å². The van der Waals surface area contributed by atoms with E-state index in [2.05, 4.69) is 18.4 Å². The van der Waals surface area contributed by atoms with E-state index in [-0.39, 0.29) is 18.5 Å². The monoisotopic (exact) mass is 408 g/mol. The molecule has 3 aromatic rings.